The van der Waals surface area contributed by atoms with E-state index in [-0.39, 0.29) is 23.8 Å². The first kappa shape index (κ1) is 27.0. The van der Waals surface area contributed by atoms with E-state index in [1.807, 2.05) is 0 Å². The standard InChI is InChI=1S/C26H48O4/c1-4-5-6-10-15-20-29-25(27)23-18-13-14-19-24(23)26(28)30-21-16-11-8-7-9-12-17-22(2)3/h22-24H,4-21H2,1-3H3. The predicted octanol–water partition coefficient (Wildman–Crippen LogP) is 7.24. The molecule has 0 amide bonds. The Morgan fingerprint density at radius 2 is 1.13 bits per heavy atom. The van der Waals surface area contributed by atoms with Gasteiger partial charge in [-0.25, -0.2) is 0 Å². The lowest BCUT2D eigenvalue weighted by Gasteiger charge is -2.28. The fourth-order valence-electron chi connectivity index (χ4n) is 4.32. The molecule has 4 heteroatoms. The normalized spacial score (nSPS) is 19.1. The monoisotopic (exact) mass is 424 g/mol. The molecule has 2 atom stereocenters. The van der Waals surface area contributed by atoms with Crippen molar-refractivity contribution in [2.75, 3.05) is 13.2 Å². The van der Waals surface area contributed by atoms with Crippen molar-refractivity contribution in [3.63, 3.8) is 0 Å². The zero-order valence-corrected chi connectivity index (χ0v) is 20.1. The van der Waals surface area contributed by atoms with E-state index in [1.165, 1.54) is 51.4 Å². The van der Waals surface area contributed by atoms with Crippen molar-refractivity contribution in [1.82, 2.24) is 0 Å². The Morgan fingerprint density at radius 3 is 1.60 bits per heavy atom. The van der Waals surface area contributed by atoms with Gasteiger partial charge in [-0.15, -0.1) is 0 Å². The summed E-state index contributed by atoms with van der Waals surface area (Å²) in [7, 11) is 0. The third-order valence-corrected chi connectivity index (χ3v) is 6.28. The average Bonchev–Trinajstić information content (AvgIpc) is 2.74. The van der Waals surface area contributed by atoms with Gasteiger partial charge in [-0.3, -0.25) is 9.59 Å². The Morgan fingerprint density at radius 1 is 0.700 bits per heavy atom. The van der Waals surface area contributed by atoms with Crippen LogP contribution in [0.25, 0.3) is 0 Å². The third kappa shape index (κ3) is 12.6. The zero-order valence-electron chi connectivity index (χ0n) is 20.1. The molecule has 0 aromatic rings. The number of esters is 2. The number of hydrogen-bond donors (Lipinski definition) is 0. The van der Waals surface area contributed by atoms with Gasteiger partial charge in [-0.1, -0.05) is 97.8 Å². The van der Waals surface area contributed by atoms with Crippen molar-refractivity contribution in [1.29, 1.82) is 0 Å². The summed E-state index contributed by atoms with van der Waals surface area (Å²) in [4.78, 5) is 25.1. The molecule has 176 valence electrons. The maximum atomic E-state index is 12.6. The van der Waals surface area contributed by atoms with Crippen molar-refractivity contribution < 1.29 is 19.1 Å². The van der Waals surface area contributed by atoms with Gasteiger partial charge in [0.15, 0.2) is 0 Å². The van der Waals surface area contributed by atoms with Crippen molar-refractivity contribution in [3.8, 4) is 0 Å². The van der Waals surface area contributed by atoms with Gasteiger partial charge in [0, 0.05) is 0 Å². The smallest absolute Gasteiger partial charge is 0.309 e. The summed E-state index contributed by atoms with van der Waals surface area (Å²) in [6.45, 7) is 7.72. The first-order valence-electron chi connectivity index (χ1n) is 12.9. The minimum Gasteiger partial charge on any atom is -0.465 e. The lowest BCUT2D eigenvalue weighted by atomic mass is 9.79. The van der Waals surface area contributed by atoms with E-state index in [4.69, 9.17) is 9.47 Å². The van der Waals surface area contributed by atoms with Crippen molar-refractivity contribution in [2.24, 2.45) is 17.8 Å². The summed E-state index contributed by atoms with van der Waals surface area (Å²) in [6.07, 6.45) is 17.7. The molecule has 1 rings (SSSR count). The second-order valence-electron chi connectivity index (χ2n) is 9.55. The third-order valence-electron chi connectivity index (χ3n) is 6.28. The van der Waals surface area contributed by atoms with E-state index < -0.39 is 0 Å². The summed E-state index contributed by atoms with van der Waals surface area (Å²) < 4.78 is 11.0. The molecule has 0 aromatic carbocycles. The lowest BCUT2D eigenvalue weighted by molar-refractivity contribution is -0.163. The SMILES string of the molecule is CCCCCCCOC(=O)C1CCCCC1C(=O)OCCCCCCCCC(C)C. The van der Waals surface area contributed by atoms with E-state index in [2.05, 4.69) is 20.8 Å². The highest BCUT2D eigenvalue weighted by atomic mass is 16.5. The largest absolute Gasteiger partial charge is 0.465 e. The first-order chi connectivity index (χ1) is 14.6. The molecule has 2 unspecified atom stereocenters. The number of ether oxygens (including phenoxy) is 2. The van der Waals surface area contributed by atoms with E-state index in [9.17, 15) is 9.59 Å². The molecule has 0 aliphatic heterocycles. The van der Waals surface area contributed by atoms with Gasteiger partial charge >= 0.3 is 11.9 Å². The second kappa shape index (κ2) is 17.6. The van der Waals surface area contributed by atoms with Crippen LogP contribution in [0.1, 0.15) is 124 Å². The van der Waals surface area contributed by atoms with Gasteiger partial charge in [-0.2, -0.15) is 0 Å². The highest BCUT2D eigenvalue weighted by molar-refractivity contribution is 5.82. The van der Waals surface area contributed by atoms with Gasteiger partial charge in [-0.05, 0) is 31.6 Å². The molecule has 0 N–H and O–H groups in total. The molecule has 1 aliphatic carbocycles. The van der Waals surface area contributed by atoms with E-state index in [0.29, 0.717) is 13.2 Å². The van der Waals surface area contributed by atoms with Crippen LogP contribution in [0.5, 0.6) is 0 Å². The summed E-state index contributed by atoms with van der Waals surface area (Å²) in [5.41, 5.74) is 0. The highest BCUT2D eigenvalue weighted by Crippen LogP contribution is 2.32. The minimum atomic E-state index is -0.303. The fourth-order valence-corrected chi connectivity index (χ4v) is 4.32. The number of rotatable bonds is 17. The van der Waals surface area contributed by atoms with Gasteiger partial charge < -0.3 is 9.47 Å². The van der Waals surface area contributed by atoms with E-state index in [0.717, 1.165) is 57.3 Å². The van der Waals surface area contributed by atoms with Crippen molar-refractivity contribution >= 4 is 11.9 Å². The van der Waals surface area contributed by atoms with Crippen LogP contribution in [0.4, 0.5) is 0 Å². The van der Waals surface area contributed by atoms with Crippen LogP contribution in [0, 0.1) is 17.8 Å². The minimum absolute atomic E-state index is 0.184. The lowest BCUT2D eigenvalue weighted by Crippen LogP contribution is -2.35. The summed E-state index contributed by atoms with van der Waals surface area (Å²) in [6, 6.07) is 0. The van der Waals surface area contributed by atoms with E-state index >= 15 is 0 Å². The Labute approximate surface area is 185 Å². The van der Waals surface area contributed by atoms with Crippen LogP contribution in [-0.2, 0) is 19.1 Å². The fraction of sp³-hybridized carbons (Fsp3) is 0.923. The Hall–Kier alpha value is -1.06. The summed E-state index contributed by atoms with van der Waals surface area (Å²) in [5, 5.41) is 0. The van der Waals surface area contributed by atoms with Crippen LogP contribution in [0.3, 0.4) is 0 Å². The predicted molar refractivity (Wildman–Crippen MR) is 123 cm³/mol. The van der Waals surface area contributed by atoms with Crippen LogP contribution in [0.15, 0.2) is 0 Å². The summed E-state index contributed by atoms with van der Waals surface area (Å²) in [5.74, 6) is -0.175. The Kier molecular flexibility index (Phi) is 15.8. The van der Waals surface area contributed by atoms with Crippen molar-refractivity contribution in [3.05, 3.63) is 0 Å². The van der Waals surface area contributed by atoms with Gasteiger partial charge in [0.2, 0.25) is 0 Å². The summed E-state index contributed by atoms with van der Waals surface area (Å²) >= 11 is 0. The van der Waals surface area contributed by atoms with Gasteiger partial charge in [0.1, 0.15) is 0 Å². The molecule has 0 spiro atoms. The number of carbonyl (C=O) groups is 2. The Balaban J connectivity index is 2.18. The van der Waals surface area contributed by atoms with Crippen LogP contribution in [-0.4, -0.2) is 25.2 Å². The molecule has 0 saturated heterocycles. The molecular weight excluding hydrogens is 376 g/mol. The molecule has 0 heterocycles. The Bertz CT molecular complexity index is 446. The number of carbonyl (C=O) groups excluding carboxylic acids is 2. The van der Waals surface area contributed by atoms with Gasteiger partial charge in [0.05, 0.1) is 25.0 Å². The maximum absolute atomic E-state index is 12.6. The molecule has 0 bridgehead atoms. The topological polar surface area (TPSA) is 52.6 Å². The number of unbranched alkanes of at least 4 members (excludes halogenated alkanes) is 9. The van der Waals surface area contributed by atoms with Crippen LogP contribution >= 0.6 is 0 Å². The molecule has 1 aliphatic rings. The molecular formula is C26H48O4. The van der Waals surface area contributed by atoms with Crippen molar-refractivity contribution in [2.45, 2.75) is 124 Å². The highest BCUT2D eigenvalue weighted by Gasteiger charge is 2.37. The first-order valence-corrected chi connectivity index (χ1v) is 12.9. The van der Waals surface area contributed by atoms with Gasteiger partial charge in [0.25, 0.3) is 0 Å². The van der Waals surface area contributed by atoms with Crippen LogP contribution < -0.4 is 0 Å². The number of hydrogen-bond acceptors (Lipinski definition) is 4. The quantitative estimate of drug-likeness (QED) is 0.182. The zero-order chi connectivity index (χ0) is 22.0. The van der Waals surface area contributed by atoms with E-state index in [1.54, 1.807) is 0 Å². The second-order valence-corrected chi connectivity index (χ2v) is 9.55. The molecule has 0 aromatic heterocycles. The molecule has 30 heavy (non-hydrogen) atoms. The average molecular weight is 425 g/mol. The molecule has 1 fully saturated rings. The maximum Gasteiger partial charge on any atom is 0.309 e. The molecule has 4 nitrogen and oxygen atoms in total. The molecule has 0 radical (unpaired) electrons. The molecule has 1 saturated carbocycles. The van der Waals surface area contributed by atoms with Crippen LogP contribution in [0.2, 0.25) is 0 Å².